The van der Waals surface area contributed by atoms with Gasteiger partial charge in [-0.1, -0.05) is 278 Å². The Kier molecular flexibility index (Phi) is 59.3. The van der Waals surface area contributed by atoms with Crippen LogP contribution in [0.15, 0.2) is 109 Å². The van der Waals surface area contributed by atoms with Gasteiger partial charge in [-0.25, -0.2) is 0 Å². The summed E-state index contributed by atoms with van der Waals surface area (Å²) >= 11 is 0. The molecule has 0 aliphatic heterocycles. The Bertz CT molecular complexity index is 1520. The van der Waals surface area contributed by atoms with Crippen molar-refractivity contribution in [1.29, 1.82) is 0 Å². The molecule has 0 aliphatic carbocycles. The fourth-order valence-electron chi connectivity index (χ4n) is 8.64. The zero-order chi connectivity index (χ0) is 54.3. The van der Waals surface area contributed by atoms with Gasteiger partial charge in [-0.2, -0.15) is 0 Å². The fourth-order valence-corrected chi connectivity index (χ4v) is 8.64. The molecule has 1 atom stereocenters. The lowest BCUT2D eigenvalue weighted by Crippen LogP contribution is -2.30. The van der Waals surface area contributed by atoms with Crippen molar-refractivity contribution in [2.45, 2.75) is 297 Å². The molecular formula is C69H116O6. The van der Waals surface area contributed by atoms with Gasteiger partial charge in [-0.05, 0) is 103 Å². The average Bonchev–Trinajstić information content (AvgIpc) is 3.41. The van der Waals surface area contributed by atoms with Gasteiger partial charge in [-0.15, -0.1) is 0 Å². The molecule has 0 radical (unpaired) electrons. The van der Waals surface area contributed by atoms with Crippen LogP contribution in [0.1, 0.15) is 290 Å². The highest BCUT2D eigenvalue weighted by molar-refractivity contribution is 5.71. The summed E-state index contributed by atoms with van der Waals surface area (Å²) in [6.07, 6.45) is 85.2. The molecule has 428 valence electrons. The smallest absolute Gasteiger partial charge is 0.306 e. The van der Waals surface area contributed by atoms with E-state index in [4.69, 9.17) is 14.2 Å². The number of unbranched alkanes of at least 4 members (excludes halogenated alkanes) is 27. The van der Waals surface area contributed by atoms with E-state index in [1.165, 1.54) is 116 Å². The molecule has 0 saturated heterocycles. The molecule has 0 aromatic carbocycles. The standard InChI is InChI=1S/C69H116O6/c1-4-7-10-13-16-19-22-25-28-31-33-34-36-39-42-45-48-51-54-57-60-63-69(72)75-66(64-73-67(70)61-58-55-52-49-46-43-40-37-30-27-24-21-18-15-12-9-6-3)65-74-68(71)62-59-56-53-50-47-44-41-38-35-32-29-26-23-20-17-14-11-8-5-2/h8-9,11-12,17-18,20-21,26-27,29-30,35,38,40,43-44,47,66H,4-7,10,13-16,19,22-25,28,31-34,36-37,39,41-42,45-46,48-65H2,1-3H3/b11-8-,12-9-,20-17-,21-18-,29-26-,30-27-,38-35-,43-40-,47-44-/t66-/m0/s1. The lowest BCUT2D eigenvalue weighted by molar-refractivity contribution is -0.167. The summed E-state index contributed by atoms with van der Waals surface area (Å²) in [5, 5.41) is 0. The van der Waals surface area contributed by atoms with Gasteiger partial charge >= 0.3 is 17.9 Å². The minimum Gasteiger partial charge on any atom is -0.462 e. The van der Waals surface area contributed by atoms with Crippen LogP contribution in [-0.4, -0.2) is 37.2 Å². The van der Waals surface area contributed by atoms with Crippen LogP contribution in [-0.2, 0) is 28.6 Å². The maximum absolute atomic E-state index is 12.9. The molecule has 0 amide bonds. The molecule has 0 rings (SSSR count). The number of rotatable bonds is 56. The number of ether oxygens (including phenoxy) is 3. The van der Waals surface area contributed by atoms with Gasteiger partial charge in [0, 0.05) is 19.3 Å². The van der Waals surface area contributed by atoms with Crippen LogP contribution in [0, 0.1) is 0 Å². The number of carbonyl (C=O) groups excluding carboxylic acids is 3. The van der Waals surface area contributed by atoms with Crippen LogP contribution in [0.3, 0.4) is 0 Å². The summed E-state index contributed by atoms with van der Waals surface area (Å²) in [5.74, 6) is -0.946. The topological polar surface area (TPSA) is 78.9 Å². The molecule has 0 spiro atoms. The zero-order valence-electron chi connectivity index (χ0n) is 49.0. The van der Waals surface area contributed by atoms with Crippen LogP contribution in [0.4, 0.5) is 0 Å². The number of carbonyl (C=O) groups is 3. The van der Waals surface area contributed by atoms with Gasteiger partial charge in [0.1, 0.15) is 13.2 Å². The van der Waals surface area contributed by atoms with E-state index in [-0.39, 0.29) is 31.1 Å². The Balaban J connectivity index is 4.46. The predicted molar refractivity (Wildman–Crippen MR) is 325 cm³/mol. The molecular weight excluding hydrogens is 925 g/mol. The van der Waals surface area contributed by atoms with Crippen molar-refractivity contribution in [1.82, 2.24) is 0 Å². The predicted octanol–water partition coefficient (Wildman–Crippen LogP) is 21.4. The van der Waals surface area contributed by atoms with Crippen LogP contribution >= 0.6 is 0 Å². The second-order valence-electron chi connectivity index (χ2n) is 20.6. The minimum atomic E-state index is -0.804. The Morgan fingerprint density at radius 3 is 0.827 bits per heavy atom. The Morgan fingerprint density at radius 2 is 0.520 bits per heavy atom. The largest absolute Gasteiger partial charge is 0.462 e. The first kappa shape index (κ1) is 71.1. The van der Waals surface area contributed by atoms with Crippen LogP contribution in [0.5, 0.6) is 0 Å². The van der Waals surface area contributed by atoms with Crippen molar-refractivity contribution in [3.8, 4) is 0 Å². The molecule has 0 aromatic heterocycles. The SMILES string of the molecule is CC/C=C\C/C=C\C/C=C\C/C=C\C/C=C\CCCCCC(=O)OC[C@H](COC(=O)CCCCCC/C=C\C/C=C\C/C=C\C/C=C\CC)OC(=O)CCCCCCCCCCCCCCCCCCCCCCC. The van der Waals surface area contributed by atoms with E-state index >= 15 is 0 Å². The van der Waals surface area contributed by atoms with Gasteiger partial charge in [0.25, 0.3) is 0 Å². The van der Waals surface area contributed by atoms with E-state index in [2.05, 4.69) is 130 Å². The van der Waals surface area contributed by atoms with Crippen molar-refractivity contribution in [2.24, 2.45) is 0 Å². The lowest BCUT2D eigenvalue weighted by atomic mass is 10.0. The van der Waals surface area contributed by atoms with Gasteiger partial charge in [0.15, 0.2) is 6.10 Å². The Hall–Kier alpha value is -3.93. The molecule has 0 bridgehead atoms. The summed E-state index contributed by atoms with van der Waals surface area (Å²) in [7, 11) is 0. The van der Waals surface area contributed by atoms with E-state index in [1.54, 1.807) is 0 Å². The second-order valence-corrected chi connectivity index (χ2v) is 20.6. The van der Waals surface area contributed by atoms with Crippen LogP contribution < -0.4 is 0 Å². The molecule has 0 aromatic rings. The first-order valence-corrected chi connectivity index (χ1v) is 31.4. The molecule has 0 unspecified atom stereocenters. The van der Waals surface area contributed by atoms with E-state index in [0.717, 1.165) is 135 Å². The van der Waals surface area contributed by atoms with Crippen molar-refractivity contribution >= 4 is 17.9 Å². The number of allylic oxidation sites excluding steroid dienone is 18. The highest BCUT2D eigenvalue weighted by Gasteiger charge is 2.19. The molecule has 0 N–H and O–H groups in total. The maximum Gasteiger partial charge on any atom is 0.306 e. The molecule has 0 saturated carbocycles. The number of hydrogen-bond donors (Lipinski definition) is 0. The first-order valence-electron chi connectivity index (χ1n) is 31.4. The van der Waals surface area contributed by atoms with Crippen molar-refractivity contribution in [3.63, 3.8) is 0 Å². The van der Waals surface area contributed by atoms with Gasteiger partial charge < -0.3 is 14.2 Å². The normalized spacial score (nSPS) is 12.8. The Labute approximate surface area is 463 Å². The quantitative estimate of drug-likeness (QED) is 0.0261. The van der Waals surface area contributed by atoms with E-state index < -0.39 is 6.10 Å². The van der Waals surface area contributed by atoms with Crippen LogP contribution in [0.2, 0.25) is 0 Å². The molecule has 0 fully saturated rings. The number of hydrogen-bond acceptors (Lipinski definition) is 6. The van der Waals surface area contributed by atoms with Gasteiger partial charge in [0.05, 0.1) is 0 Å². The molecule has 0 heterocycles. The molecule has 0 aliphatic rings. The third kappa shape index (κ3) is 60.8. The van der Waals surface area contributed by atoms with Crippen molar-refractivity contribution in [3.05, 3.63) is 109 Å². The molecule has 6 heteroatoms. The van der Waals surface area contributed by atoms with E-state index in [9.17, 15) is 14.4 Å². The van der Waals surface area contributed by atoms with Gasteiger partial charge in [-0.3, -0.25) is 14.4 Å². The van der Waals surface area contributed by atoms with Crippen molar-refractivity contribution < 1.29 is 28.6 Å². The highest BCUT2D eigenvalue weighted by atomic mass is 16.6. The van der Waals surface area contributed by atoms with E-state index in [0.29, 0.717) is 19.3 Å². The minimum absolute atomic E-state index is 0.101. The third-order valence-corrected chi connectivity index (χ3v) is 13.3. The summed E-state index contributed by atoms with van der Waals surface area (Å²) in [6.45, 7) is 6.39. The second kappa shape index (κ2) is 62.6. The molecule has 6 nitrogen and oxygen atoms in total. The first-order chi connectivity index (χ1) is 37.0. The summed E-state index contributed by atoms with van der Waals surface area (Å²) in [4.78, 5) is 38.3. The maximum atomic E-state index is 12.9. The van der Waals surface area contributed by atoms with Crippen LogP contribution in [0.25, 0.3) is 0 Å². The number of esters is 3. The van der Waals surface area contributed by atoms with Crippen molar-refractivity contribution in [2.75, 3.05) is 13.2 Å². The monoisotopic (exact) mass is 1040 g/mol. The summed E-state index contributed by atoms with van der Waals surface area (Å²) in [6, 6.07) is 0. The average molecular weight is 1040 g/mol. The van der Waals surface area contributed by atoms with Gasteiger partial charge in [0.2, 0.25) is 0 Å². The zero-order valence-corrected chi connectivity index (χ0v) is 49.0. The molecule has 75 heavy (non-hydrogen) atoms. The third-order valence-electron chi connectivity index (χ3n) is 13.3. The lowest BCUT2D eigenvalue weighted by Gasteiger charge is -2.18. The Morgan fingerprint density at radius 1 is 0.280 bits per heavy atom. The highest BCUT2D eigenvalue weighted by Crippen LogP contribution is 2.16. The van der Waals surface area contributed by atoms with E-state index in [1.807, 2.05) is 0 Å². The fraction of sp³-hybridized carbons (Fsp3) is 0.696. The summed E-state index contributed by atoms with van der Waals surface area (Å²) in [5.41, 5.74) is 0. The summed E-state index contributed by atoms with van der Waals surface area (Å²) < 4.78 is 16.9.